The lowest BCUT2D eigenvalue weighted by Gasteiger charge is -2.19. The summed E-state index contributed by atoms with van der Waals surface area (Å²) in [6.45, 7) is 6.48. The van der Waals surface area contributed by atoms with Crippen molar-refractivity contribution < 1.29 is 4.79 Å². The van der Waals surface area contributed by atoms with E-state index in [1.165, 1.54) is 35.1 Å². The first-order chi connectivity index (χ1) is 11.6. The zero-order chi connectivity index (χ0) is 17.1. The molecule has 0 heterocycles. The molecule has 1 unspecified atom stereocenters. The molecule has 0 fully saturated rings. The first kappa shape index (κ1) is 16.7. The van der Waals surface area contributed by atoms with Crippen LogP contribution >= 0.6 is 0 Å². The zero-order valence-electron chi connectivity index (χ0n) is 14.9. The molecule has 2 aromatic carbocycles. The van der Waals surface area contributed by atoms with Crippen molar-refractivity contribution in [1.82, 2.24) is 0 Å². The number of aryl methyl sites for hydroxylation is 2. The number of carbonyl (C=O) groups excluding carboxylic acids is 1. The Labute approximate surface area is 145 Å². The highest BCUT2D eigenvalue weighted by Gasteiger charge is 2.22. The van der Waals surface area contributed by atoms with Crippen LogP contribution in [0, 0.1) is 5.92 Å². The van der Waals surface area contributed by atoms with Crippen LogP contribution in [0.15, 0.2) is 54.1 Å². The molecule has 1 nitrogen and oxygen atoms in total. The van der Waals surface area contributed by atoms with Gasteiger partial charge in [-0.25, -0.2) is 0 Å². The van der Waals surface area contributed by atoms with Crippen LogP contribution in [0.4, 0.5) is 0 Å². The minimum Gasteiger partial charge on any atom is -0.294 e. The topological polar surface area (TPSA) is 17.1 Å². The lowest BCUT2D eigenvalue weighted by atomic mass is 9.84. The minimum absolute atomic E-state index is 0.222. The summed E-state index contributed by atoms with van der Waals surface area (Å²) in [6.07, 6.45) is 4.53. The van der Waals surface area contributed by atoms with Gasteiger partial charge in [0.15, 0.2) is 5.78 Å². The van der Waals surface area contributed by atoms with Crippen molar-refractivity contribution in [3.05, 3.63) is 76.4 Å². The number of Topliss-reactive ketones (excluding diaryl/α,β-unsaturated/α-hetero) is 1. The first-order valence-corrected chi connectivity index (χ1v) is 8.94. The molecule has 0 saturated carbocycles. The SMILES string of the molecule is CC1=C(C)c2ccccc2CC1.CC1CCc2ccccc2C1=O. The Morgan fingerprint density at radius 3 is 2.08 bits per heavy atom. The van der Waals surface area contributed by atoms with Crippen molar-refractivity contribution in [3.63, 3.8) is 0 Å². The van der Waals surface area contributed by atoms with Gasteiger partial charge < -0.3 is 0 Å². The molecule has 0 bridgehead atoms. The van der Waals surface area contributed by atoms with E-state index in [-0.39, 0.29) is 5.92 Å². The Balaban J connectivity index is 0.000000141. The van der Waals surface area contributed by atoms with E-state index in [1.807, 2.05) is 25.1 Å². The Kier molecular flexibility index (Phi) is 4.99. The highest BCUT2D eigenvalue weighted by atomic mass is 16.1. The average molecular weight is 318 g/mol. The summed E-state index contributed by atoms with van der Waals surface area (Å²) in [4.78, 5) is 11.6. The summed E-state index contributed by atoms with van der Waals surface area (Å²) in [5.41, 5.74) is 8.17. The van der Waals surface area contributed by atoms with Crippen molar-refractivity contribution in [2.24, 2.45) is 5.92 Å². The second kappa shape index (κ2) is 7.17. The monoisotopic (exact) mass is 318 g/mol. The van der Waals surface area contributed by atoms with Crippen LogP contribution in [0.3, 0.4) is 0 Å². The normalized spacial score (nSPS) is 19.1. The Morgan fingerprint density at radius 2 is 1.38 bits per heavy atom. The summed E-state index contributed by atoms with van der Waals surface area (Å²) >= 11 is 0. The number of ketones is 1. The largest absolute Gasteiger partial charge is 0.294 e. The quantitative estimate of drug-likeness (QED) is 0.593. The second-order valence-electron chi connectivity index (χ2n) is 7.02. The molecule has 0 saturated heterocycles. The van der Waals surface area contributed by atoms with E-state index in [0.29, 0.717) is 5.78 Å². The first-order valence-electron chi connectivity index (χ1n) is 8.94. The van der Waals surface area contributed by atoms with Gasteiger partial charge in [0, 0.05) is 11.5 Å². The standard InChI is InChI=1S/C12H14.C11H12O/c1-9-7-8-11-5-3-4-6-12(11)10(9)2;1-8-6-7-9-4-2-3-5-10(9)11(8)12/h3-6H,7-8H2,1-2H3;2-5,8H,6-7H2,1H3. The van der Waals surface area contributed by atoms with Crippen molar-refractivity contribution >= 4 is 11.4 Å². The van der Waals surface area contributed by atoms with Crippen LogP contribution in [-0.2, 0) is 12.8 Å². The van der Waals surface area contributed by atoms with E-state index in [0.717, 1.165) is 18.4 Å². The van der Waals surface area contributed by atoms with E-state index < -0.39 is 0 Å². The fraction of sp³-hybridized carbons (Fsp3) is 0.348. The van der Waals surface area contributed by atoms with Crippen LogP contribution < -0.4 is 0 Å². The van der Waals surface area contributed by atoms with Gasteiger partial charge >= 0.3 is 0 Å². The summed E-state index contributed by atoms with van der Waals surface area (Å²) in [7, 11) is 0. The predicted molar refractivity (Wildman–Crippen MR) is 101 cm³/mol. The molecule has 0 amide bonds. The molecule has 1 heteroatoms. The van der Waals surface area contributed by atoms with Gasteiger partial charge in [0.2, 0.25) is 0 Å². The molecular formula is C23H26O. The van der Waals surface area contributed by atoms with Crippen molar-refractivity contribution in [1.29, 1.82) is 0 Å². The highest BCUT2D eigenvalue weighted by molar-refractivity contribution is 5.99. The van der Waals surface area contributed by atoms with Crippen LogP contribution in [-0.4, -0.2) is 5.78 Å². The van der Waals surface area contributed by atoms with E-state index in [4.69, 9.17) is 0 Å². The van der Waals surface area contributed by atoms with Gasteiger partial charge in [-0.3, -0.25) is 4.79 Å². The highest BCUT2D eigenvalue weighted by Crippen LogP contribution is 2.30. The number of fused-ring (bicyclic) bond motifs is 2. The number of allylic oxidation sites excluding steroid dienone is 2. The summed E-state index contributed by atoms with van der Waals surface area (Å²) in [6, 6.07) is 16.7. The molecular weight excluding hydrogens is 292 g/mol. The third-order valence-corrected chi connectivity index (χ3v) is 5.41. The second-order valence-corrected chi connectivity index (χ2v) is 7.02. The molecule has 0 aliphatic heterocycles. The molecule has 24 heavy (non-hydrogen) atoms. The van der Waals surface area contributed by atoms with Gasteiger partial charge in [-0.1, -0.05) is 61.0 Å². The molecule has 0 spiro atoms. The number of hydrogen-bond donors (Lipinski definition) is 0. The minimum atomic E-state index is 0.222. The van der Waals surface area contributed by atoms with Crippen LogP contribution in [0.2, 0.25) is 0 Å². The maximum absolute atomic E-state index is 11.6. The zero-order valence-corrected chi connectivity index (χ0v) is 14.9. The molecule has 2 aliphatic carbocycles. The average Bonchev–Trinajstić information content (AvgIpc) is 2.62. The molecule has 0 N–H and O–H groups in total. The third kappa shape index (κ3) is 3.36. The molecule has 0 radical (unpaired) electrons. The fourth-order valence-corrected chi connectivity index (χ4v) is 3.59. The summed E-state index contributed by atoms with van der Waals surface area (Å²) in [5, 5.41) is 0. The molecule has 124 valence electrons. The van der Waals surface area contributed by atoms with E-state index in [2.05, 4.69) is 44.2 Å². The Morgan fingerprint density at radius 1 is 0.792 bits per heavy atom. The third-order valence-electron chi connectivity index (χ3n) is 5.41. The van der Waals surface area contributed by atoms with Crippen molar-refractivity contribution in [2.45, 2.75) is 46.5 Å². The molecule has 2 aromatic rings. The summed E-state index contributed by atoms with van der Waals surface area (Å²) < 4.78 is 0. The smallest absolute Gasteiger partial charge is 0.165 e. The number of rotatable bonds is 0. The molecule has 4 rings (SSSR count). The predicted octanol–water partition coefficient (Wildman–Crippen LogP) is 5.88. The lowest BCUT2D eigenvalue weighted by molar-refractivity contribution is 0.0913. The van der Waals surface area contributed by atoms with Crippen molar-refractivity contribution in [3.8, 4) is 0 Å². The van der Waals surface area contributed by atoms with Gasteiger partial charge in [0.1, 0.15) is 0 Å². The number of hydrogen-bond acceptors (Lipinski definition) is 1. The van der Waals surface area contributed by atoms with Crippen LogP contribution in [0.25, 0.3) is 5.57 Å². The summed E-state index contributed by atoms with van der Waals surface area (Å²) in [5.74, 6) is 0.539. The molecule has 1 atom stereocenters. The Hall–Kier alpha value is -2.15. The maximum Gasteiger partial charge on any atom is 0.165 e. The lowest BCUT2D eigenvalue weighted by Crippen LogP contribution is -2.19. The van der Waals surface area contributed by atoms with Crippen molar-refractivity contribution in [2.75, 3.05) is 0 Å². The van der Waals surface area contributed by atoms with Gasteiger partial charge in [0.25, 0.3) is 0 Å². The Bertz CT molecular complexity index is 782. The van der Waals surface area contributed by atoms with Gasteiger partial charge in [-0.05, 0) is 61.8 Å². The van der Waals surface area contributed by atoms with E-state index >= 15 is 0 Å². The van der Waals surface area contributed by atoms with Gasteiger partial charge in [-0.15, -0.1) is 0 Å². The van der Waals surface area contributed by atoms with Gasteiger partial charge in [-0.2, -0.15) is 0 Å². The van der Waals surface area contributed by atoms with Gasteiger partial charge in [0.05, 0.1) is 0 Å². The number of benzene rings is 2. The van der Waals surface area contributed by atoms with E-state index in [9.17, 15) is 4.79 Å². The number of carbonyl (C=O) groups is 1. The molecule has 2 aliphatic rings. The van der Waals surface area contributed by atoms with E-state index in [1.54, 1.807) is 5.57 Å². The fourth-order valence-electron chi connectivity index (χ4n) is 3.59. The van der Waals surface area contributed by atoms with Crippen LogP contribution in [0.1, 0.15) is 60.7 Å². The molecule has 0 aromatic heterocycles. The maximum atomic E-state index is 11.6. The van der Waals surface area contributed by atoms with Crippen LogP contribution in [0.5, 0.6) is 0 Å².